The van der Waals surface area contributed by atoms with Gasteiger partial charge in [-0.3, -0.25) is 14.9 Å². The summed E-state index contributed by atoms with van der Waals surface area (Å²) in [5.41, 5.74) is 0.685. The molecule has 1 heterocycles. The molecule has 1 amide bonds. The maximum absolute atomic E-state index is 12.4. The van der Waals surface area contributed by atoms with Gasteiger partial charge in [0, 0.05) is 11.6 Å². The van der Waals surface area contributed by atoms with Crippen molar-refractivity contribution in [3.05, 3.63) is 68.6 Å². The van der Waals surface area contributed by atoms with E-state index in [1.807, 2.05) is 0 Å². The Labute approximate surface area is 169 Å². The summed E-state index contributed by atoms with van der Waals surface area (Å²) in [7, 11) is -4.24. The van der Waals surface area contributed by atoms with Gasteiger partial charge in [-0.2, -0.15) is 8.42 Å². The highest BCUT2D eigenvalue weighted by atomic mass is 32.2. The second kappa shape index (κ2) is 7.70. The van der Waals surface area contributed by atoms with Crippen LogP contribution in [0.15, 0.2) is 52.3 Å². The number of nitrogens with zero attached hydrogens (tertiary/aromatic N) is 1. The summed E-state index contributed by atoms with van der Waals surface area (Å²) < 4.78 is 30.2. The normalized spacial score (nSPS) is 15.5. The number of hydrogen-bond acceptors (Lipinski definition) is 8. The monoisotopic (exact) mass is 436 g/mol. The average Bonchev–Trinajstić information content (AvgIpc) is 2.93. The highest BCUT2D eigenvalue weighted by Crippen LogP contribution is 2.28. The van der Waals surface area contributed by atoms with E-state index in [0.717, 1.165) is 17.8 Å². The summed E-state index contributed by atoms with van der Waals surface area (Å²) in [6.45, 7) is 1.51. The van der Waals surface area contributed by atoms with Crippen LogP contribution in [0.4, 0.5) is 5.69 Å². The van der Waals surface area contributed by atoms with Crippen LogP contribution in [-0.2, 0) is 14.9 Å². The maximum atomic E-state index is 12.4. The number of carbonyl (C=O) groups is 1. The molecule has 0 aliphatic carbocycles. The lowest BCUT2D eigenvalue weighted by atomic mass is 10.2. The molecule has 11 heteroatoms. The van der Waals surface area contributed by atoms with Crippen LogP contribution < -0.4 is 9.50 Å². The number of nitro benzene ring substituents is 1. The van der Waals surface area contributed by atoms with E-state index in [1.54, 1.807) is 18.2 Å². The van der Waals surface area contributed by atoms with E-state index in [0.29, 0.717) is 20.4 Å². The zero-order valence-corrected chi connectivity index (χ0v) is 16.7. The summed E-state index contributed by atoms with van der Waals surface area (Å²) >= 11 is 6.05. The SMILES string of the molecule is Cc1ccc(S(=O)(=O)Oc2ccc(/C=C3\SC(=S)NC3=O)cc2)cc1[N+](=O)[O-]. The van der Waals surface area contributed by atoms with Crippen LogP contribution >= 0.6 is 24.0 Å². The van der Waals surface area contributed by atoms with Gasteiger partial charge in [-0.1, -0.05) is 42.2 Å². The predicted octanol–water partition coefficient (Wildman–Crippen LogP) is 3.16. The summed E-state index contributed by atoms with van der Waals surface area (Å²) in [5.74, 6) is -0.261. The number of rotatable bonds is 5. The molecule has 0 bridgehead atoms. The summed E-state index contributed by atoms with van der Waals surface area (Å²) in [6, 6.07) is 9.54. The van der Waals surface area contributed by atoms with Gasteiger partial charge in [0.2, 0.25) is 0 Å². The van der Waals surface area contributed by atoms with Crippen molar-refractivity contribution in [1.29, 1.82) is 0 Å². The molecular weight excluding hydrogens is 424 g/mol. The molecule has 0 saturated carbocycles. The second-order valence-corrected chi connectivity index (χ2v) is 8.93. The number of nitrogens with one attached hydrogen (secondary N) is 1. The molecule has 0 radical (unpaired) electrons. The van der Waals surface area contributed by atoms with Crippen molar-refractivity contribution in [2.75, 3.05) is 0 Å². The largest absolute Gasteiger partial charge is 0.379 e. The summed E-state index contributed by atoms with van der Waals surface area (Å²) in [5, 5.41) is 13.5. The van der Waals surface area contributed by atoms with E-state index in [-0.39, 0.29) is 22.2 Å². The Bertz CT molecular complexity index is 1120. The Morgan fingerprint density at radius 2 is 1.89 bits per heavy atom. The zero-order chi connectivity index (χ0) is 20.5. The summed E-state index contributed by atoms with van der Waals surface area (Å²) in [6.07, 6.45) is 1.61. The molecule has 1 aliphatic heterocycles. The van der Waals surface area contributed by atoms with Gasteiger partial charge in [0.25, 0.3) is 11.6 Å². The van der Waals surface area contributed by atoms with Gasteiger partial charge >= 0.3 is 10.1 Å². The molecule has 1 saturated heterocycles. The minimum absolute atomic E-state index is 0.0319. The van der Waals surface area contributed by atoms with Crippen molar-refractivity contribution in [2.24, 2.45) is 0 Å². The van der Waals surface area contributed by atoms with Gasteiger partial charge in [0.05, 0.1) is 9.83 Å². The molecule has 2 aromatic rings. The minimum Gasteiger partial charge on any atom is -0.379 e. The van der Waals surface area contributed by atoms with Crippen LogP contribution in [0.5, 0.6) is 5.75 Å². The second-order valence-electron chi connectivity index (χ2n) is 5.66. The topological polar surface area (TPSA) is 116 Å². The van der Waals surface area contributed by atoms with Gasteiger partial charge in [-0.05, 0) is 36.8 Å². The Morgan fingerprint density at radius 1 is 1.21 bits per heavy atom. The molecule has 0 spiro atoms. The number of carbonyl (C=O) groups excluding carboxylic acids is 1. The van der Waals surface area contributed by atoms with Crippen LogP contribution in [0.1, 0.15) is 11.1 Å². The smallest absolute Gasteiger partial charge is 0.339 e. The van der Waals surface area contributed by atoms with E-state index in [4.69, 9.17) is 16.4 Å². The molecule has 0 atom stereocenters. The van der Waals surface area contributed by atoms with Crippen molar-refractivity contribution >= 4 is 56.1 Å². The number of aryl methyl sites for hydroxylation is 1. The number of thiocarbonyl (C=S) groups is 1. The van der Waals surface area contributed by atoms with Crippen LogP contribution in [0.25, 0.3) is 6.08 Å². The average molecular weight is 436 g/mol. The van der Waals surface area contributed by atoms with Crippen LogP contribution in [0, 0.1) is 17.0 Å². The number of amides is 1. The van der Waals surface area contributed by atoms with Crippen molar-refractivity contribution in [2.45, 2.75) is 11.8 Å². The van der Waals surface area contributed by atoms with E-state index >= 15 is 0 Å². The molecule has 1 aliphatic rings. The Morgan fingerprint density at radius 3 is 2.46 bits per heavy atom. The van der Waals surface area contributed by atoms with E-state index in [1.165, 1.54) is 31.2 Å². The molecule has 1 fully saturated rings. The first kappa shape index (κ1) is 20.0. The number of nitro groups is 1. The van der Waals surface area contributed by atoms with Gasteiger partial charge in [0.1, 0.15) is 15.0 Å². The minimum atomic E-state index is -4.24. The first-order valence-electron chi connectivity index (χ1n) is 7.70. The van der Waals surface area contributed by atoms with E-state index < -0.39 is 15.0 Å². The lowest BCUT2D eigenvalue weighted by Crippen LogP contribution is -2.17. The third-order valence-electron chi connectivity index (χ3n) is 3.69. The van der Waals surface area contributed by atoms with E-state index in [2.05, 4.69) is 5.32 Å². The molecule has 0 aromatic heterocycles. The standard InChI is InChI=1S/C17H12N2O6S3/c1-10-2-7-13(9-14(10)19(21)22)28(23,24)25-12-5-3-11(4-6-12)8-15-16(20)18-17(26)27-15/h2-9H,1H3,(H,18,20,26)/b15-8-. The zero-order valence-electron chi connectivity index (χ0n) is 14.2. The summed E-state index contributed by atoms with van der Waals surface area (Å²) in [4.78, 5) is 22.1. The van der Waals surface area contributed by atoms with E-state index in [9.17, 15) is 23.3 Å². The highest BCUT2D eigenvalue weighted by Gasteiger charge is 2.23. The van der Waals surface area contributed by atoms with Crippen molar-refractivity contribution in [1.82, 2.24) is 5.32 Å². The molecule has 3 rings (SSSR count). The highest BCUT2D eigenvalue weighted by molar-refractivity contribution is 8.26. The van der Waals surface area contributed by atoms with Gasteiger partial charge in [-0.15, -0.1) is 0 Å². The molecule has 28 heavy (non-hydrogen) atoms. The van der Waals surface area contributed by atoms with Gasteiger partial charge in [-0.25, -0.2) is 0 Å². The molecule has 144 valence electrons. The molecule has 2 aromatic carbocycles. The fourth-order valence-electron chi connectivity index (χ4n) is 2.31. The fraction of sp³-hybridized carbons (Fsp3) is 0.0588. The Kier molecular flexibility index (Phi) is 5.49. The van der Waals surface area contributed by atoms with Crippen molar-refractivity contribution < 1.29 is 22.3 Å². The number of benzene rings is 2. The third kappa shape index (κ3) is 4.38. The fourth-order valence-corrected chi connectivity index (χ4v) is 4.30. The Hall–Kier alpha value is -2.76. The maximum Gasteiger partial charge on any atom is 0.339 e. The first-order chi connectivity index (χ1) is 13.2. The quantitative estimate of drug-likeness (QED) is 0.250. The third-order valence-corrected chi connectivity index (χ3v) is 6.10. The van der Waals surface area contributed by atoms with Crippen LogP contribution in [0.2, 0.25) is 0 Å². The van der Waals surface area contributed by atoms with Gasteiger partial charge in [0.15, 0.2) is 0 Å². The van der Waals surface area contributed by atoms with Crippen molar-refractivity contribution in [3.63, 3.8) is 0 Å². The first-order valence-corrected chi connectivity index (χ1v) is 10.3. The van der Waals surface area contributed by atoms with Crippen LogP contribution in [0.3, 0.4) is 0 Å². The lowest BCUT2D eigenvalue weighted by molar-refractivity contribution is -0.385. The molecular formula is C17H12N2O6S3. The predicted molar refractivity (Wildman–Crippen MR) is 108 cm³/mol. The van der Waals surface area contributed by atoms with Gasteiger partial charge < -0.3 is 9.50 Å². The molecule has 1 N–H and O–H groups in total. The van der Waals surface area contributed by atoms with Crippen LogP contribution in [-0.4, -0.2) is 23.6 Å². The number of thioether (sulfide) groups is 1. The number of hydrogen-bond donors (Lipinski definition) is 1. The molecule has 8 nitrogen and oxygen atoms in total. The molecule has 0 unspecified atom stereocenters. The van der Waals surface area contributed by atoms with Crippen molar-refractivity contribution in [3.8, 4) is 5.75 Å². The Balaban J connectivity index is 1.81. The lowest BCUT2D eigenvalue weighted by Gasteiger charge is -2.08.